The van der Waals surface area contributed by atoms with E-state index < -0.39 is 0 Å². The second-order valence-electron chi connectivity index (χ2n) is 4.47. The molecule has 0 spiro atoms. The molecular formula is C15H19BrN4. The lowest BCUT2D eigenvalue weighted by atomic mass is 10.1. The standard InChI is InChI=1S/C15H19BrN4/c1-4-11-6-8-12(9-7-11)20(3)15-13(16)14(17-5-2)18-10-19-15/h6-10H,4-5H2,1-3H3,(H,17,18,19). The van der Waals surface area contributed by atoms with E-state index in [1.807, 2.05) is 18.9 Å². The monoisotopic (exact) mass is 334 g/mol. The minimum Gasteiger partial charge on any atom is -0.369 e. The largest absolute Gasteiger partial charge is 0.369 e. The Kier molecular flexibility index (Phi) is 4.95. The van der Waals surface area contributed by atoms with Crippen molar-refractivity contribution in [1.29, 1.82) is 0 Å². The zero-order chi connectivity index (χ0) is 14.5. The number of hydrogen-bond donors (Lipinski definition) is 1. The maximum absolute atomic E-state index is 4.37. The highest BCUT2D eigenvalue weighted by atomic mass is 79.9. The van der Waals surface area contributed by atoms with Crippen molar-refractivity contribution in [3.63, 3.8) is 0 Å². The summed E-state index contributed by atoms with van der Waals surface area (Å²) in [5.74, 6) is 1.66. The molecule has 0 atom stereocenters. The smallest absolute Gasteiger partial charge is 0.152 e. The minimum absolute atomic E-state index is 0.814. The predicted molar refractivity (Wildman–Crippen MR) is 87.8 cm³/mol. The van der Waals surface area contributed by atoms with Crippen molar-refractivity contribution in [2.45, 2.75) is 20.3 Å². The van der Waals surface area contributed by atoms with Crippen molar-refractivity contribution >= 4 is 33.3 Å². The Labute approximate surface area is 128 Å². The third-order valence-electron chi connectivity index (χ3n) is 3.16. The number of halogens is 1. The first-order valence-electron chi connectivity index (χ1n) is 6.74. The molecular weight excluding hydrogens is 316 g/mol. The van der Waals surface area contributed by atoms with Gasteiger partial charge >= 0.3 is 0 Å². The number of aryl methyl sites for hydroxylation is 1. The molecule has 0 radical (unpaired) electrons. The Morgan fingerprint density at radius 3 is 2.45 bits per heavy atom. The maximum atomic E-state index is 4.37. The van der Waals surface area contributed by atoms with Gasteiger partial charge in [-0.15, -0.1) is 0 Å². The molecule has 0 amide bonds. The molecule has 106 valence electrons. The maximum Gasteiger partial charge on any atom is 0.152 e. The van der Waals surface area contributed by atoms with E-state index in [0.717, 1.165) is 34.8 Å². The molecule has 1 N–H and O–H groups in total. The highest BCUT2D eigenvalue weighted by Gasteiger charge is 2.13. The van der Waals surface area contributed by atoms with E-state index in [0.29, 0.717) is 0 Å². The molecule has 0 saturated heterocycles. The summed E-state index contributed by atoms with van der Waals surface area (Å²) in [5, 5.41) is 3.22. The normalized spacial score (nSPS) is 10.4. The Morgan fingerprint density at radius 2 is 1.85 bits per heavy atom. The summed E-state index contributed by atoms with van der Waals surface area (Å²) >= 11 is 3.58. The van der Waals surface area contributed by atoms with Crippen LogP contribution in [0.15, 0.2) is 35.1 Å². The second-order valence-corrected chi connectivity index (χ2v) is 5.26. The highest BCUT2D eigenvalue weighted by molar-refractivity contribution is 9.10. The number of hydrogen-bond acceptors (Lipinski definition) is 4. The Balaban J connectivity index is 2.32. The van der Waals surface area contributed by atoms with Crippen LogP contribution >= 0.6 is 15.9 Å². The van der Waals surface area contributed by atoms with Crippen LogP contribution in [0, 0.1) is 0 Å². The zero-order valence-electron chi connectivity index (χ0n) is 12.0. The summed E-state index contributed by atoms with van der Waals surface area (Å²) in [7, 11) is 2.00. The Hall–Kier alpha value is -1.62. The summed E-state index contributed by atoms with van der Waals surface area (Å²) in [6.45, 7) is 5.02. The van der Waals surface area contributed by atoms with Crippen LogP contribution in [0.5, 0.6) is 0 Å². The third-order valence-corrected chi connectivity index (χ3v) is 3.90. The van der Waals surface area contributed by atoms with Gasteiger partial charge in [0.2, 0.25) is 0 Å². The lowest BCUT2D eigenvalue weighted by Gasteiger charge is -2.20. The van der Waals surface area contributed by atoms with Crippen LogP contribution in [-0.4, -0.2) is 23.6 Å². The van der Waals surface area contributed by atoms with Gasteiger partial charge in [-0.2, -0.15) is 0 Å². The van der Waals surface area contributed by atoms with Gasteiger partial charge in [-0.05, 0) is 47.0 Å². The highest BCUT2D eigenvalue weighted by Crippen LogP contribution is 2.32. The summed E-state index contributed by atoms with van der Waals surface area (Å²) in [6.07, 6.45) is 2.63. The fourth-order valence-corrected chi connectivity index (χ4v) is 2.57. The van der Waals surface area contributed by atoms with Gasteiger partial charge in [0.1, 0.15) is 16.6 Å². The minimum atomic E-state index is 0.814. The first-order chi connectivity index (χ1) is 9.67. The van der Waals surface area contributed by atoms with Crippen LogP contribution in [0.2, 0.25) is 0 Å². The number of anilines is 3. The van der Waals surface area contributed by atoms with Crippen LogP contribution < -0.4 is 10.2 Å². The van der Waals surface area contributed by atoms with Crippen molar-refractivity contribution in [3.05, 3.63) is 40.6 Å². The van der Waals surface area contributed by atoms with Crippen LogP contribution in [0.4, 0.5) is 17.3 Å². The lowest BCUT2D eigenvalue weighted by Crippen LogP contribution is -2.13. The lowest BCUT2D eigenvalue weighted by molar-refractivity contribution is 1.05. The van der Waals surface area contributed by atoms with Crippen LogP contribution in [0.3, 0.4) is 0 Å². The van der Waals surface area contributed by atoms with Gasteiger partial charge in [-0.1, -0.05) is 19.1 Å². The van der Waals surface area contributed by atoms with E-state index in [1.165, 1.54) is 5.56 Å². The molecule has 0 aliphatic heterocycles. The molecule has 20 heavy (non-hydrogen) atoms. The first-order valence-corrected chi connectivity index (χ1v) is 7.53. The molecule has 0 aliphatic rings. The number of benzene rings is 1. The fraction of sp³-hybridized carbons (Fsp3) is 0.333. The Morgan fingerprint density at radius 1 is 1.15 bits per heavy atom. The topological polar surface area (TPSA) is 41.1 Å². The van der Waals surface area contributed by atoms with Crippen LogP contribution in [0.1, 0.15) is 19.4 Å². The van der Waals surface area contributed by atoms with Gasteiger partial charge in [-0.25, -0.2) is 9.97 Å². The molecule has 1 aromatic heterocycles. The summed E-state index contributed by atoms with van der Waals surface area (Å²) in [5.41, 5.74) is 2.43. The molecule has 0 bridgehead atoms. The molecule has 1 aromatic carbocycles. The second kappa shape index (κ2) is 6.70. The van der Waals surface area contributed by atoms with E-state index in [1.54, 1.807) is 6.33 Å². The zero-order valence-corrected chi connectivity index (χ0v) is 13.6. The molecule has 1 heterocycles. The SMILES string of the molecule is CCNc1ncnc(N(C)c2ccc(CC)cc2)c1Br. The molecule has 5 heteroatoms. The summed E-state index contributed by atoms with van der Waals surface area (Å²) < 4.78 is 0.879. The fourth-order valence-electron chi connectivity index (χ4n) is 1.96. The molecule has 4 nitrogen and oxygen atoms in total. The van der Waals surface area contributed by atoms with Gasteiger partial charge in [0, 0.05) is 19.3 Å². The van der Waals surface area contributed by atoms with Gasteiger partial charge in [-0.3, -0.25) is 0 Å². The van der Waals surface area contributed by atoms with E-state index in [4.69, 9.17) is 0 Å². The average molecular weight is 335 g/mol. The van der Waals surface area contributed by atoms with Crippen molar-refractivity contribution in [3.8, 4) is 0 Å². The third kappa shape index (κ3) is 3.10. The van der Waals surface area contributed by atoms with Crippen molar-refractivity contribution < 1.29 is 0 Å². The van der Waals surface area contributed by atoms with Gasteiger partial charge in [0.25, 0.3) is 0 Å². The quantitative estimate of drug-likeness (QED) is 0.897. The Bertz CT molecular complexity index is 569. The number of aromatic nitrogens is 2. The van der Waals surface area contributed by atoms with Crippen molar-refractivity contribution in [2.24, 2.45) is 0 Å². The molecule has 0 unspecified atom stereocenters. The van der Waals surface area contributed by atoms with Gasteiger partial charge < -0.3 is 10.2 Å². The van der Waals surface area contributed by atoms with Gasteiger partial charge in [0.05, 0.1) is 0 Å². The van der Waals surface area contributed by atoms with Crippen LogP contribution in [0.25, 0.3) is 0 Å². The van der Waals surface area contributed by atoms with E-state index >= 15 is 0 Å². The number of nitrogens with one attached hydrogen (secondary N) is 1. The van der Waals surface area contributed by atoms with Crippen LogP contribution in [-0.2, 0) is 6.42 Å². The van der Waals surface area contributed by atoms with Gasteiger partial charge in [0.15, 0.2) is 5.82 Å². The van der Waals surface area contributed by atoms with E-state index in [-0.39, 0.29) is 0 Å². The summed E-state index contributed by atoms with van der Waals surface area (Å²) in [4.78, 5) is 10.7. The molecule has 0 fully saturated rings. The van der Waals surface area contributed by atoms with Crippen molar-refractivity contribution in [1.82, 2.24) is 9.97 Å². The number of nitrogens with zero attached hydrogens (tertiary/aromatic N) is 3. The molecule has 2 rings (SSSR count). The molecule has 0 aliphatic carbocycles. The van der Waals surface area contributed by atoms with E-state index in [2.05, 4.69) is 62.4 Å². The van der Waals surface area contributed by atoms with E-state index in [9.17, 15) is 0 Å². The summed E-state index contributed by atoms with van der Waals surface area (Å²) in [6, 6.07) is 8.51. The molecule has 2 aromatic rings. The average Bonchev–Trinajstić information content (AvgIpc) is 2.49. The van der Waals surface area contributed by atoms with Crippen molar-refractivity contribution in [2.75, 3.05) is 23.8 Å². The number of rotatable bonds is 5. The predicted octanol–water partition coefficient (Wildman–Crippen LogP) is 4.00. The first kappa shape index (κ1) is 14.8. The molecule has 0 saturated carbocycles.